The highest BCUT2D eigenvalue weighted by atomic mass is 31.2. The molecule has 1 aliphatic rings. The first-order chi connectivity index (χ1) is 7.65. The summed E-state index contributed by atoms with van der Waals surface area (Å²) >= 11 is 0. The second-order valence-electron chi connectivity index (χ2n) is 5.37. The molecule has 1 heterocycles. The maximum atomic E-state index is 12.3. The molecular formula is C10H22N3O3P. The lowest BCUT2D eigenvalue weighted by Crippen LogP contribution is -2.36. The zero-order chi connectivity index (χ0) is 13.3. The van der Waals surface area contributed by atoms with Gasteiger partial charge in [0.1, 0.15) is 0 Å². The number of guanidine groups is 1. The second kappa shape index (κ2) is 4.96. The molecule has 100 valence electrons. The molecule has 6 nitrogen and oxygen atoms in total. The number of rotatable bonds is 1. The van der Waals surface area contributed by atoms with Crippen LogP contribution in [0.5, 0.6) is 0 Å². The highest BCUT2D eigenvalue weighted by Crippen LogP contribution is 2.55. The monoisotopic (exact) mass is 263 g/mol. The van der Waals surface area contributed by atoms with E-state index in [0.29, 0.717) is 19.2 Å². The number of hydrogen-bond donors (Lipinski definition) is 0. The fourth-order valence-electron chi connectivity index (χ4n) is 1.34. The lowest BCUT2D eigenvalue weighted by atomic mass is 9.97. The summed E-state index contributed by atoms with van der Waals surface area (Å²) in [5.41, 5.74) is -0.111. The fraction of sp³-hybridized carbons (Fsp3) is 0.900. The molecule has 0 atom stereocenters. The molecule has 0 unspecified atom stereocenters. The molecule has 0 aromatic heterocycles. The molecule has 0 aliphatic carbocycles. The Hall–Kier alpha value is -0.580. The fourth-order valence-corrected chi connectivity index (χ4v) is 3.13. The van der Waals surface area contributed by atoms with Crippen LogP contribution in [-0.4, -0.2) is 57.2 Å². The second-order valence-corrected chi connectivity index (χ2v) is 7.02. The lowest BCUT2D eigenvalue weighted by Gasteiger charge is -2.33. The summed E-state index contributed by atoms with van der Waals surface area (Å²) in [6, 6.07) is 0. The van der Waals surface area contributed by atoms with Crippen LogP contribution >= 0.6 is 7.75 Å². The molecule has 1 rings (SSSR count). The first kappa shape index (κ1) is 14.5. The molecule has 0 radical (unpaired) electrons. The summed E-state index contributed by atoms with van der Waals surface area (Å²) in [6.45, 7) is 4.78. The van der Waals surface area contributed by atoms with Crippen LogP contribution < -0.4 is 0 Å². The van der Waals surface area contributed by atoms with E-state index in [1.54, 1.807) is 9.80 Å². The Labute approximate surface area is 103 Å². The Bertz CT molecular complexity index is 329. The molecule has 7 heteroatoms. The Balaban J connectivity index is 2.86. The summed E-state index contributed by atoms with van der Waals surface area (Å²) in [6.07, 6.45) is 0. The maximum absolute atomic E-state index is 12.3. The van der Waals surface area contributed by atoms with Gasteiger partial charge in [-0.3, -0.25) is 9.05 Å². The predicted molar refractivity (Wildman–Crippen MR) is 68.1 cm³/mol. The third-order valence-electron chi connectivity index (χ3n) is 2.25. The zero-order valence-electron chi connectivity index (χ0n) is 11.4. The van der Waals surface area contributed by atoms with E-state index in [-0.39, 0.29) is 5.41 Å². The summed E-state index contributed by atoms with van der Waals surface area (Å²) < 4.78 is 27.0. The van der Waals surface area contributed by atoms with E-state index < -0.39 is 7.75 Å². The first-order valence-electron chi connectivity index (χ1n) is 5.49. The van der Waals surface area contributed by atoms with Crippen molar-refractivity contribution in [1.82, 2.24) is 9.80 Å². The van der Waals surface area contributed by atoms with Gasteiger partial charge in [-0.15, -0.1) is 4.76 Å². The number of nitrogens with zero attached hydrogens (tertiary/aromatic N) is 3. The molecule has 0 spiro atoms. The van der Waals surface area contributed by atoms with Gasteiger partial charge >= 0.3 is 7.75 Å². The summed E-state index contributed by atoms with van der Waals surface area (Å²) in [5.74, 6) is 0.563. The molecule has 0 aromatic carbocycles. The molecule has 1 fully saturated rings. The minimum absolute atomic E-state index is 0.111. The van der Waals surface area contributed by atoms with E-state index in [1.807, 2.05) is 42.0 Å². The SMILES string of the molecule is CN(C)C(=NP1(=O)OCC(C)(C)CO1)N(C)C. The highest BCUT2D eigenvalue weighted by molar-refractivity contribution is 7.52. The van der Waals surface area contributed by atoms with Crippen LogP contribution in [0, 0.1) is 5.41 Å². The highest BCUT2D eigenvalue weighted by Gasteiger charge is 2.37. The Morgan fingerprint density at radius 3 is 1.88 bits per heavy atom. The van der Waals surface area contributed by atoms with Crippen molar-refractivity contribution in [3.63, 3.8) is 0 Å². The van der Waals surface area contributed by atoms with Gasteiger partial charge in [-0.25, -0.2) is 4.57 Å². The molecule has 0 amide bonds. The van der Waals surface area contributed by atoms with Gasteiger partial charge in [0.05, 0.1) is 13.2 Å². The molecule has 0 aromatic rings. The number of hydrogen-bond acceptors (Lipinski definition) is 3. The summed E-state index contributed by atoms with van der Waals surface area (Å²) in [5, 5.41) is 0. The molecule has 0 N–H and O–H groups in total. The van der Waals surface area contributed by atoms with E-state index in [2.05, 4.69) is 4.76 Å². The lowest BCUT2D eigenvalue weighted by molar-refractivity contribution is 0.0415. The van der Waals surface area contributed by atoms with Crippen LogP contribution in [0.2, 0.25) is 0 Å². The van der Waals surface area contributed by atoms with Gasteiger partial charge < -0.3 is 9.80 Å². The molecule has 1 aliphatic heterocycles. The van der Waals surface area contributed by atoms with E-state index in [9.17, 15) is 4.57 Å². The van der Waals surface area contributed by atoms with Crippen molar-refractivity contribution in [2.24, 2.45) is 10.2 Å². The van der Waals surface area contributed by atoms with Crippen molar-refractivity contribution in [2.75, 3.05) is 41.4 Å². The Morgan fingerprint density at radius 2 is 1.53 bits per heavy atom. The van der Waals surface area contributed by atoms with E-state index in [0.717, 1.165) is 0 Å². The maximum Gasteiger partial charge on any atom is 0.457 e. The van der Waals surface area contributed by atoms with Crippen LogP contribution in [0.4, 0.5) is 0 Å². The normalized spacial score (nSPS) is 21.8. The molecule has 0 bridgehead atoms. The van der Waals surface area contributed by atoms with E-state index in [1.165, 1.54) is 0 Å². The minimum Gasteiger partial charge on any atom is -0.349 e. The van der Waals surface area contributed by atoms with E-state index >= 15 is 0 Å². The Kier molecular flexibility index (Phi) is 4.23. The minimum atomic E-state index is -3.35. The largest absolute Gasteiger partial charge is 0.457 e. The molecular weight excluding hydrogens is 241 g/mol. The van der Waals surface area contributed by atoms with Crippen LogP contribution in [-0.2, 0) is 13.6 Å². The van der Waals surface area contributed by atoms with Gasteiger partial charge in [0.15, 0.2) is 0 Å². The molecule has 0 saturated carbocycles. The van der Waals surface area contributed by atoms with Gasteiger partial charge in [-0.1, -0.05) is 13.8 Å². The van der Waals surface area contributed by atoms with Crippen LogP contribution in [0.1, 0.15) is 13.8 Å². The molecule has 1 saturated heterocycles. The Morgan fingerprint density at radius 1 is 1.12 bits per heavy atom. The third kappa shape index (κ3) is 3.98. The first-order valence-corrected chi connectivity index (χ1v) is 6.99. The summed E-state index contributed by atoms with van der Waals surface area (Å²) in [7, 11) is 3.98. The van der Waals surface area contributed by atoms with Gasteiger partial charge in [-0.2, -0.15) is 0 Å². The van der Waals surface area contributed by atoms with Gasteiger partial charge in [-0.05, 0) is 0 Å². The summed E-state index contributed by atoms with van der Waals surface area (Å²) in [4.78, 5) is 3.54. The average Bonchev–Trinajstić information content (AvgIpc) is 2.19. The van der Waals surface area contributed by atoms with Crippen molar-refractivity contribution in [3.8, 4) is 0 Å². The van der Waals surface area contributed by atoms with E-state index in [4.69, 9.17) is 9.05 Å². The molecule has 17 heavy (non-hydrogen) atoms. The van der Waals surface area contributed by atoms with Crippen molar-refractivity contribution in [1.29, 1.82) is 0 Å². The zero-order valence-corrected chi connectivity index (χ0v) is 12.3. The van der Waals surface area contributed by atoms with Crippen molar-refractivity contribution in [2.45, 2.75) is 13.8 Å². The topological polar surface area (TPSA) is 54.4 Å². The van der Waals surface area contributed by atoms with Gasteiger partial charge in [0.25, 0.3) is 0 Å². The van der Waals surface area contributed by atoms with Crippen LogP contribution in [0.3, 0.4) is 0 Å². The quantitative estimate of drug-likeness (QED) is 0.409. The van der Waals surface area contributed by atoms with Gasteiger partial charge in [0, 0.05) is 33.6 Å². The average molecular weight is 263 g/mol. The van der Waals surface area contributed by atoms with Crippen molar-refractivity contribution >= 4 is 13.7 Å². The van der Waals surface area contributed by atoms with Crippen molar-refractivity contribution < 1.29 is 13.6 Å². The van der Waals surface area contributed by atoms with Crippen LogP contribution in [0.25, 0.3) is 0 Å². The van der Waals surface area contributed by atoms with Crippen LogP contribution in [0.15, 0.2) is 4.76 Å². The van der Waals surface area contributed by atoms with Gasteiger partial charge in [0.2, 0.25) is 5.96 Å². The smallest absolute Gasteiger partial charge is 0.349 e. The van der Waals surface area contributed by atoms with Crippen molar-refractivity contribution in [3.05, 3.63) is 0 Å². The third-order valence-corrected chi connectivity index (χ3v) is 3.58. The standard InChI is InChI=1S/C10H22N3O3P/c1-10(2)7-15-17(14,16-8-10)11-9(12(3)4)13(5)6/h7-8H2,1-6H3. The predicted octanol–water partition coefficient (Wildman–Crippen LogP) is 1.65.